The molecule has 4 rings (SSSR count). The molecule has 6 heteroatoms. The molecule has 0 bridgehead atoms. The molecule has 1 aliphatic carbocycles. The van der Waals surface area contributed by atoms with Crippen molar-refractivity contribution in [3.63, 3.8) is 0 Å². The smallest absolute Gasteiger partial charge is 0.155 e. The Morgan fingerprint density at radius 3 is 2.95 bits per heavy atom. The van der Waals surface area contributed by atoms with Gasteiger partial charge in [0.2, 0.25) is 0 Å². The zero-order valence-corrected chi connectivity index (χ0v) is 12.2. The molecule has 0 atom stereocenters. The summed E-state index contributed by atoms with van der Waals surface area (Å²) in [5.74, 6) is 1.19. The summed E-state index contributed by atoms with van der Waals surface area (Å²) in [6, 6.07) is 3.80. The van der Waals surface area contributed by atoms with Crippen molar-refractivity contribution in [2.24, 2.45) is 7.05 Å². The van der Waals surface area contributed by atoms with Crippen LogP contribution in [0.15, 0.2) is 24.5 Å². The quantitative estimate of drug-likeness (QED) is 0.698. The standard InChI is InChI=1S/C15H13ClN4O/c1-19-15(12(8-21)13(18-19)9-2-3-9)20-5-4-10-6-11(16)7-17-14(10)20/h4-9H,2-3H2,1H3. The third kappa shape index (κ3) is 1.88. The molecule has 1 aliphatic rings. The van der Waals surface area contributed by atoms with Gasteiger partial charge in [0, 0.05) is 30.7 Å². The summed E-state index contributed by atoms with van der Waals surface area (Å²) in [5, 5.41) is 6.07. The predicted octanol–water partition coefficient (Wildman–Crippen LogP) is 3.10. The van der Waals surface area contributed by atoms with E-state index in [9.17, 15) is 4.79 Å². The Bertz CT molecular complexity index is 860. The largest absolute Gasteiger partial charge is 0.298 e. The fourth-order valence-electron chi connectivity index (χ4n) is 2.78. The van der Waals surface area contributed by atoms with E-state index in [0.29, 0.717) is 16.5 Å². The third-order valence-electron chi connectivity index (χ3n) is 3.88. The molecule has 0 unspecified atom stereocenters. The van der Waals surface area contributed by atoms with Crippen molar-refractivity contribution in [2.75, 3.05) is 0 Å². The van der Waals surface area contributed by atoms with Crippen molar-refractivity contribution in [3.05, 3.63) is 40.8 Å². The van der Waals surface area contributed by atoms with Crippen LogP contribution in [0.2, 0.25) is 5.02 Å². The first-order valence-electron chi connectivity index (χ1n) is 6.84. The second-order valence-electron chi connectivity index (χ2n) is 5.39. The van der Waals surface area contributed by atoms with Gasteiger partial charge in [-0.05, 0) is 25.0 Å². The van der Waals surface area contributed by atoms with Crippen LogP contribution in [0.25, 0.3) is 16.9 Å². The highest BCUT2D eigenvalue weighted by Crippen LogP contribution is 2.42. The predicted molar refractivity (Wildman–Crippen MR) is 80.2 cm³/mol. The number of carbonyl (C=O) groups excluding carboxylic acids is 1. The number of hydrogen-bond donors (Lipinski definition) is 0. The zero-order chi connectivity index (χ0) is 14.6. The number of nitrogens with zero attached hydrogens (tertiary/aromatic N) is 4. The maximum atomic E-state index is 11.6. The average molecular weight is 301 g/mol. The van der Waals surface area contributed by atoms with Crippen molar-refractivity contribution < 1.29 is 4.79 Å². The van der Waals surface area contributed by atoms with Crippen LogP contribution in [0, 0.1) is 0 Å². The van der Waals surface area contributed by atoms with Gasteiger partial charge in [-0.3, -0.25) is 14.0 Å². The lowest BCUT2D eigenvalue weighted by Gasteiger charge is -2.06. The van der Waals surface area contributed by atoms with Crippen LogP contribution in [-0.4, -0.2) is 25.6 Å². The molecule has 1 saturated carbocycles. The first kappa shape index (κ1) is 12.6. The van der Waals surface area contributed by atoms with Gasteiger partial charge in [-0.25, -0.2) is 4.98 Å². The number of fused-ring (bicyclic) bond motifs is 1. The fourth-order valence-corrected chi connectivity index (χ4v) is 2.94. The van der Waals surface area contributed by atoms with Crippen molar-refractivity contribution in [1.29, 1.82) is 0 Å². The SMILES string of the molecule is Cn1nc(C2CC2)c(C=O)c1-n1ccc2cc(Cl)cnc21. The molecule has 0 saturated heterocycles. The van der Waals surface area contributed by atoms with Crippen LogP contribution in [0.3, 0.4) is 0 Å². The minimum atomic E-state index is 0.425. The molecule has 0 amide bonds. The molecule has 0 aromatic carbocycles. The first-order chi connectivity index (χ1) is 10.2. The summed E-state index contributed by atoms with van der Waals surface area (Å²) in [4.78, 5) is 15.9. The second kappa shape index (κ2) is 4.43. The maximum Gasteiger partial charge on any atom is 0.155 e. The van der Waals surface area contributed by atoms with Gasteiger partial charge < -0.3 is 0 Å². The van der Waals surface area contributed by atoms with E-state index >= 15 is 0 Å². The highest BCUT2D eigenvalue weighted by Gasteiger charge is 2.31. The molecule has 3 heterocycles. The summed E-state index contributed by atoms with van der Waals surface area (Å²) in [5.41, 5.74) is 2.33. The normalized spacial score (nSPS) is 14.8. The topological polar surface area (TPSA) is 52.7 Å². The van der Waals surface area contributed by atoms with Gasteiger partial charge in [-0.1, -0.05) is 11.6 Å². The maximum absolute atomic E-state index is 11.6. The molecule has 106 valence electrons. The van der Waals surface area contributed by atoms with Gasteiger partial charge in [0.15, 0.2) is 6.29 Å². The molecule has 3 aromatic heterocycles. The zero-order valence-electron chi connectivity index (χ0n) is 11.5. The van der Waals surface area contributed by atoms with Crippen molar-refractivity contribution in [1.82, 2.24) is 19.3 Å². The monoisotopic (exact) mass is 300 g/mol. The van der Waals surface area contributed by atoms with E-state index in [1.165, 1.54) is 0 Å². The van der Waals surface area contributed by atoms with Gasteiger partial charge in [-0.15, -0.1) is 0 Å². The summed E-state index contributed by atoms with van der Waals surface area (Å²) in [7, 11) is 1.86. The summed E-state index contributed by atoms with van der Waals surface area (Å²) < 4.78 is 3.65. The van der Waals surface area contributed by atoms with Crippen molar-refractivity contribution in [3.8, 4) is 5.82 Å². The van der Waals surface area contributed by atoms with E-state index in [0.717, 1.165) is 41.7 Å². The molecule has 0 N–H and O–H groups in total. The van der Waals surface area contributed by atoms with E-state index in [1.807, 2.05) is 29.9 Å². The number of aromatic nitrogens is 4. The van der Waals surface area contributed by atoms with Crippen molar-refractivity contribution in [2.45, 2.75) is 18.8 Å². The molecular formula is C15H13ClN4O. The Labute approximate surface area is 126 Å². The first-order valence-corrected chi connectivity index (χ1v) is 7.22. The van der Waals surface area contributed by atoms with E-state index in [-0.39, 0.29) is 0 Å². The molecule has 0 radical (unpaired) electrons. The third-order valence-corrected chi connectivity index (χ3v) is 4.09. The van der Waals surface area contributed by atoms with Crippen LogP contribution < -0.4 is 0 Å². The lowest BCUT2D eigenvalue weighted by molar-refractivity contribution is 0.112. The lowest BCUT2D eigenvalue weighted by Crippen LogP contribution is -2.04. The second-order valence-corrected chi connectivity index (χ2v) is 5.83. The number of rotatable bonds is 3. The molecule has 21 heavy (non-hydrogen) atoms. The molecule has 0 spiro atoms. The number of halogens is 1. The summed E-state index contributed by atoms with van der Waals surface area (Å²) >= 11 is 5.97. The Hall–Kier alpha value is -2.14. The molecule has 0 aliphatic heterocycles. The average Bonchev–Trinajstić information content (AvgIpc) is 3.15. The Balaban J connectivity index is 1.98. The number of carbonyl (C=O) groups is 1. The fraction of sp³-hybridized carbons (Fsp3) is 0.267. The number of pyridine rings is 1. The Morgan fingerprint density at radius 1 is 1.43 bits per heavy atom. The van der Waals surface area contributed by atoms with Gasteiger partial charge in [0.05, 0.1) is 16.3 Å². The molecular weight excluding hydrogens is 288 g/mol. The van der Waals surface area contributed by atoms with Crippen LogP contribution in [-0.2, 0) is 7.05 Å². The van der Waals surface area contributed by atoms with Gasteiger partial charge in [-0.2, -0.15) is 5.10 Å². The summed E-state index contributed by atoms with van der Waals surface area (Å²) in [6.45, 7) is 0. The van der Waals surface area contributed by atoms with Crippen LogP contribution in [0.5, 0.6) is 0 Å². The highest BCUT2D eigenvalue weighted by molar-refractivity contribution is 6.31. The minimum absolute atomic E-state index is 0.425. The number of aldehydes is 1. The van der Waals surface area contributed by atoms with Gasteiger partial charge in [0.1, 0.15) is 11.5 Å². The number of aryl methyl sites for hydroxylation is 1. The van der Waals surface area contributed by atoms with E-state index in [4.69, 9.17) is 11.6 Å². The summed E-state index contributed by atoms with van der Waals surface area (Å²) in [6.07, 6.45) is 6.63. The highest BCUT2D eigenvalue weighted by atomic mass is 35.5. The van der Waals surface area contributed by atoms with Crippen molar-refractivity contribution >= 4 is 28.9 Å². The van der Waals surface area contributed by atoms with E-state index in [2.05, 4.69) is 10.1 Å². The Kier molecular flexibility index (Phi) is 2.65. The van der Waals surface area contributed by atoms with Gasteiger partial charge >= 0.3 is 0 Å². The molecule has 1 fully saturated rings. The lowest BCUT2D eigenvalue weighted by atomic mass is 10.2. The van der Waals surface area contributed by atoms with Crippen LogP contribution in [0.4, 0.5) is 0 Å². The Morgan fingerprint density at radius 2 is 2.24 bits per heavy atom. The minimum Gasteiger partial charge on any atom is -0.298 e. The van der Waals surface area contributed by atoms with Crippen LogP contribution in [0.1, 0.15) is 34.8 Å². The van der Waals surface area contributed by atoms with Crippen LogP contribution >= 0.6 is 11.6 Å². The van der Waals surface area contributed by atoms with E-state index in [1.54, 1.807) is 10.9 Å². The molecule has 5 nitrogen and oxygen atoms in total. The van der Waals surface area contributed by atoms with Gasteiger partial charge in [0.25, 0.3) is 0 Å². The molecule has 3 aromatic rings. The van der Waals surface area contributed by atoms with E-state index < -0.39 is 0 Å². The number of hydrogen-bond acceptors (Lipinski definition) is 3.